The van der Waals surface area contributed by atoms with Gasteiger partial charge in [0.1, 0.15) is 5.15 Å². The van der Waals surface area contributed by atoms with E-state index >= 15 is 0 Å². The van der Waals surface area contributed by atoms with E-state index in [0.717, 1.165) is 10.9 Å². The van der Waals surface area contributed by atoms with E-state index in [1.165, 1.54) is 0 Å². The highest BCUT2D eigenvalue weighted by molar-refractivity contribution is 6.30. The van der Waals surface area contributed by atoms with Crippen molar-refractivity contribution in [3.05, 3.63) is 41.0 Å². The minimum atomic E-state index is -0.511. The van der Waals surface area contributed by atoms with Gasteiger partial charge in [-0.3, -0.25) is 4.79 Å². The summed E-state index contributed by atoms with van der Waals surface area (Å²) >= 11 is 6.12. The van der Waals surface area contributed by atoms with Crippen molar-refractivity contribution in [2.24, 2.45) is 5.73 Å². The highest BCUT2D eigenvalue weighted by Crippen LogP contribution is 2.26. The van der Waals surface area contributed by atoms with Crippen LogP contribution < -0.4 is 5.73 Å². The minimum Gasteiger partial charge on any atom is -0.466 e. The van der Waals surface area contributed by atoms with Crippen LogP contribution in [0.5, 0.6) is 0 Å². The van der Waals surface area contributed by atoms with Crippen LogP contribution in [0.3, 0.4) is 0 Å². The second-order valence-electron chi connectivity index (χ2n) is 4.18. The second kappa shape index (κ2) is 7.43. The number of carbonyl (C=O) groups is 1. The van der Waals surface area contributed by atoms with Crippen molar-refractivity contribution >= 4 is 40.9 Å². The molecule has 1 aromatic carbocycles. The maximum atomic E-state index is 11.4. The Morgan fingerprint density at radius 1 is 1.45 bits per heavy atom. The summed E-state index contributed by atoms with van der Waals surface area (Å²) in [5, 5.41) is 1.27. The third-order valence-corrected chi connectivity index (χ3v) is 3.10. The second-order valence-corrected chi connectivity index (χ2v) is 4.53. The zero-order chi connectivity index (χ0) is 13.8. The first kappa shape index (κ1) is 16.7. The molecular weight excluding hydrogens is 299 g/mol. The predicted octanol–water partition coefficient (Wildman–Crippen LogP) is 3.26. The lowest BCUT2D eigenvalue weighted by molar-refractivity contribution is -0.143. The molecule has 2 N–H and O–H groups in total. The first-order chi connectivity index (χ1) is 9.11. The Morgan fingerprint density at radius 3 is 2.85 bits per heavy atom. The van der Waals surface area contributed by atoms with Crippen LogP contribution in [0, 0.1) is 0 Å². The van der Waals surface area contributed by atoms with Gasteiger partial charge in [0.25, 0.3) is 0 Å². The highest BCUT2D eigenvalue weighted by Gasteiger charge is 2.16. The molecule has 0 bridgehead atoms. The summed E-state index contributed by atoms with van der Waals surface area (Å²) in [6, 6.07) is 8.97. The van der Waals surface area contributed by atoms with Gasteiger partial charge in [0.05, 0.1) is 18.5 Å². The van der Waals surface area contributed by atoms with E-state index in [9.17, 15) is 4.79 Å². The van der Waals surface area contributed by atoms with E-state index in [0.29, 0.717) is 17.3 Å². The van der Waals surface area contributed by atoms with Crippen molar-refractivity contribution in [1.82, 2.24) is 4.98 Å². The summed E-state index contributed by atoms with van der Waals surface area (Å²) < 4.78 is 4.88. The zero-order valence-electron chi connectivity index (χ0n) is 11.0. The fraction of sp³-hybridized carbons (Fsp3) is 0.286. The van der Waals surface area contributed by atoms with Crippen molar-refractivity contribution in [2.75, 3.05) is 6.61 Å². The summed E-state index contributed by atoms with van der Waals surface area (Å²) in [5.41, 5.74) is 7.46. The number of fused-ring (bicyclic) bond motifs is 1. The number of para-hydroxylation sites is 1. The molecule has 0 unspecified atom stereocenters. The Kier molecular flexibility index (Phi) is 6.20. The number of ether oxygens (including phenoxy) is 1. The number of benzene rings is 1. The zero-order valence-corrected chi connectivity index (χ0v) is 12.6. The SMILES string of the molecule is CCOC(=O)C[C@@H](N)c1cc2ccccc2nc1Cl.Cl. The molecule has 108 valence electrons. The van der Waals surface area contributed by atoms with Crippen molar-refractivity contribution in [3.8, 4) is 0 Å². The fourth-order valence-corrected chi connectivity index (χ4v) is 2.16. The molecule has 20 heavy (non-hydrogen) atoms. The average Bonchev–Trinajstić information content (AvgIpc) is 2.38. The van der Waals surface area contributed by atoms with Gasteiger partial charge in [0.15, 0.2) is 0 Å². The van der Waals surface area contributed by atoms with E-state index in [-0.39, 0.29) is 24.8 Å². The van der Waals surface area contributed by atoms with Gasteiger partial charge >= 0.3 is 5.97 Å². The molecule has 1 aromatic heterocycles. The van der Waals surface area contributed by atoms with Gasteiger partial charge in [-0.25, -0.2) is 4.98 Å². The van der Waals surface area contributed by atoms with E-state index in [2.05, 4.69) is 4.98 Å². The van der Waals surface area contributed by atoms with Crippen molar-refractivity contribution < 1.29 is 9.53 Å². The molecule has 1 atom stereocenters. The quantitative estimate of drug-likeness (QED) is 0.695. The van der Waals surface area contributed by atoms with E-state index in [1.54, 1.807) is 6.92 Å². The molecule has 0 spiro atoms. The molecule has 4 nitrogen and oxygen atoms in total. The number of hydrogen-bond acceptors (Lipinski definition) is 4. The maximum Gasteiger partial charge on any atom is 0.307 e. The summed E-state index contributed by atoms with van der Waals surface area (Å²) in [6.07, 6.45) is 0.0909. The van der Waals surface area contributed by atoms with Crippen molar-refractivity contribution in [3.63, 3.8) is 0 Å². The number of pyridine rings is 1. The van der Waals surface area contributed by atoms with Crippen LogP contribution in [0.2, 0.25) is 5.15 Å². The molecule has 0 aliphatic rings. The number of rotatable bonds is 4. The molecule has 0 saturated heterocycles. The van der Waals surface area contributed by atoms with Crippen LogP contribution in [0.4, 0.5) is 0 Å². The standard InChI is InChI=1S/C14H15ClN2O2.ClH/c1-2-19-13(18)8-11(16)10-7-9-5-3-4-6-12(9)17-14(10)15;/h3-7,11H,2,8,16H2,1H3;1H/t11-;/m1./s1. The molecule has 0 fully saturated rings. The summed E-state index contributed by atoms with van der Waals surface area (Å²) in [7, 11) is 0. The lowest BCUT2D eigenvalue weighted by atomic mass is 10.0. The van der Waals surface area contributed by atoms with Gasteiger partial charge < -0.3 is 10.5 Å². The van der Waals surface area contributed by atoms with Crippen molar-refractivity contribution in [2.45, 2.75) is 19.4 Å². The van der Waals surface area contributed by atoms with Gasteiger partial charge in [-0.15, -0.1) is 12.4 Å². The number of nitrogens with two attached hydrogens (primary N) is 1. The summed E-state index contributed by atoms with van der Waals surface area (Å²) in [5.74, 6) is -0.334. The van der Waals surface area contributed by atoms with Crippen LogP contribution in [0.15, 0.2) is 30.3 Å². The van der Waals surface area contributed by atoms with Gasteiger partial charge in [-0.05, 0) is 19.1 Å². The Labute approximate surface area is 128 Å². The third kappa shape index (κ3) is 3.82. The lowest BCUT2D eigenvalue weighted by Crippen LogP contribution is -2.18. The van der Waals surface area contributed by atoms with Crippen LogP contribution >= 0.6 is 24.0 Å². The van der Waals surface area contributed by atoms with Gasteiger partial charge in [0.2, 0.25) is 0 Å². The molecule has 0 saturated carbocycles. The van der Waals surface area contributed by atoms with Gasteiger partial charge in [-0.2, -0.15) is 0 Å². The molecule has 1 heterocycles. The number of aromatic nitrogens is 1. The fourth-order valence-electron chi connectivity index (χ4n) is 1.88. The van der Waals surface area contributed by atoms with Crippen molar-refractivity contribution in [1.29, 1.82) is 0 Å². The highest BCUT2D eigenvalue weighted by atomic mass is 35.5. The minimum absolute atomic E-state index is 0. The summed E-state index contributed by atoms with van der Waals surface area (Å²) in [6.45, 7) is 2.10. The van der Waals surface area contributed by atoms with Crippen LogP contribution in [-0.4, -0.2) is 17.6 Å². The molecule has 0 aliphatic carbocycles. The smallest absolute Gasteiger partial charge is 0.307 e. The number of carbonyl (C=O) groups excluding carboxylic acids is 1. The Bertz CT molecular complexity index is 605. The Hall–Kier alpha value is -1.36. The normalized spacial score (nSPS) is 11.8. The molecule has 2 aromatic rings. The molecular formula is C14H16Cl2N2O2. The largest absolute Gasteiger partial charge is 0.466 e. The first-order valence-electron chi connectivity index (χ1n) is 6.08. The lowest BCUT2D eigenvalue weighted by Gasteiger charge is -2.13. The van der Waals surface area contributed by atoms with E-state index < -0.39 is 6.04 Å². The van der Waals surface area contributed by atoms with Gasteiger partial charge in [-0.1, -0.05) is 29.8 Å². The molecule has 0 aliphatic heterocycles. The van der Waals surface area contributed by atoms with E-state index in [1.807, 2.05) is 30.3 Å². The predicted molar refractivity (Wildman–Crippen MR) is 82.2 cm³/mol. The molecule has 2 rings (SSSR count). The topological polar surface area (TPSA) is 65.2 Å². The Morgan fingerprint density at radius 2 is 2.15 bits per heavy atom. The molecule has 0 radical (unpaired) electrons. The maximum absolute atomic E-state index is 11.4. The van der Waals surface area contributed by atoms with Gasteiger partial charge in [0, 0.05) is 17.0 Å². The van der Waals surface area contributed by atoms with Crippen LogP contribution in [0.25, 0.3) is 10.9 Å². The first-order valence-corrected chi connectivity index (χ1v) is 6.46. The number of hydrogen-bond donors (Lipinski definition) is 1. The third-order valence-electron chi connectivity index (χ3n) is 2.80. The molecule has 6 heteroatoms. The van der Waals surface area contributed by atoms with Crippen LogP contribution in [0.1, 0.15) is 24.9 Å². The van der Waals surface area contributed by atoms with Crippen LogP contribution in [-0.2, 0) is 9.53 Å². The monoisotopic (exact) mass is 314 g/mol. The number of halogens is 2. The average molecular weight is 315 g/mol. The number of nitrogens with zero attached hydrogens (tertiary/aromatic N) is 1. The van der Waals surface area contributed by atoms with E-state index in [4.69, 9.17) is 22.1 Å². The summed E-state index contributed by atoms with van der Waals surface area (Å²) in [4.78, 5) is 15.7. The Balaban J connectivity index is 0.00000200. The molecule has 0 amide bonds. The number of esters is 1.